The first kappa shape index (κ1) is 14.7. The third-order valence-corrected chi connectivity index (χ3v) is 3.46. The van der Waals surface area contributed by atoms with E-state index in [1.807, 2.05) is 31.2 Å². The Hall–Kier alpha value is -1.75. The van der Waals surface area contributed by atoms with Crippen LogP contribution in [-0.4, -0.2) is 21.0 Å². The van der Waals surface area contributed by atoms with E-state index in [1.54, 1.807) is 13.0 Å². The van der Waals surface area contributed by atoms with E-state index in [4.69, 9.17) is 0 Å². The Morgan fingerprint density at radius 1 is 1.30 bits per heavy atom. The standard InChI is InChI=1S/C15H15BrN2O2/c1-9-6-14(18-10(2)17-9)13(15(19)20)8-11-4-3-5-12(16)7-11/h3-7,13H,8H2,1-2H3,(H,19,20). The maximum Gasteiger partial charge on any atom is 0.312 e. The van der Waals surface area contributed by atoms with Gasteiger partial charge in [0, 0.05) is 10.2 Å². The molecule has 2 rings (SSSR count). The van der Waals surface area contributed by atoms with Gasteiger partial charge in [-0.1, -0.05) is 28.1 Å². The molecular weight excluding hydrogens is 320 g/mol. The Labute approximate surface area is 126 Å². The minimum absolute atomic E-state index is 0.407. The van der Waals surface area contributed by atoms with Crippen molar-refractivity contribution in [2.45, 2.75) is 26.2 Å². The van der Waals surface area contributed by atoms with Crippen LogP contribution in [0, 0.1) is 13.8 Å². The maximum atomic E-state index is 11.5. The molecule has 20 heavy (non-hydrogen) atoms. The van der Waals surface area contributed by atoms with Crippen LogP contribution in [0.15, 0.2) is 34.8 Å². The van der Waals surface area contributed by atoms with Crippen LogP contribution in [0.3, 0.4) is 0 Å². The summed E-state index contributed by atoms with van der Waals surface area (Å²) in [6, 6.07) is 9.40. The van der Waals surface area contributed by atoms with E-state index < -0.39 is 11.9 Å². The molecule has 0 aliphatic rings. The normalized spacial score (nSPS) is 12.2. The van der Waals surface area contributed by atoms with Crippen molar-refractivity contribution in [2.24, 2.45) is 0 Å². The topological polar surface area (TPSA) is 63.1 Å². The lowest BCUT2D eigenvalue weighted by Crippen LogP contribution is -2.17. The van der Waals surface area contributed by atoms with Gasteiger partial charge in [0.2, 0.25) is 0 Å². The minimum Gasteiger partial charge on any atom is -0.481 e. The molecule has 0 aliphatic heterocycles. The average molecular weight is 335 g/mol. The summed E-state index contributed by atoms with van der Waals surface area (Å²) < 4.78 is 0.939. The summed E-state index contributed by atoms with van der Waals surface area (Å²) in [6.07, 6.45) is 0.407. The number of halogens is 1. The van der Waals surface area contributed by atoms with Crippen LogP contribution in [0.25, 0.3) is 0 Å². The number of benzene rings is 1. The van der Waals surface area contributed by atoms with Gasteiger partial charge in [0.25, 0.3) is 0 Å². The van der Waals surface area contributed by atoms with Crippen LogP contribution in [0.4, 0.5) is 0 Å². The van der Waals surface area contributed by atoms with Crippen LogP contribution >= 0.6 is 15.9 Å². The van der Waals surface area contributed by atoms with Gasteiger partial charge >= 0.3 is 5.97 Å². The summed E-state index contributed by atoms with van der Waals surface area (Å²) in [5, 5.41) is 9.47. The third-order valence-electron chi connectivity index (χ3n) is 2.97. The van der Waals surface area contributed by atoms with E-state index >= 15 is 0 Å². The molecule has 0 bridgehead atoms. The van der Waals surface area contributed by atoms with Gasteiger partial charge in [-0.25, -0.2) is 9.97 Å². The summed E-state index contributed by atoms with van der Waals surface area (Å²) >= 11 is 3.40. The molecule has 0 saturated heterocycles. The molecular formula is C15H15BrN2O2. The van der Waals surface area contributed by atoms with E-state index in [0.717, 1.165) is 15.7 Å². The number of aromatic nitrogens is 2. The first-order valence-corrected chi connectivity index (χ1v) is 7.04. The fourth-order valence-corrected chi connectivity index (χ4v) is 2.59. The molecule has 0 spiro atoms. The second-order valence-electron chi connectivity index (χ2n) is 4.71. The largest absolute Gasteiger partial charge is 0.481 e. The first-order chi connectivity index (χ1) is 9.45. The Kier molecular flexibility index (Phi) is 4.49. The molecule has 1 aromatic heterocycles. The van der Waals surface area contributed by atoms with Crippen molar-refractivity contribution in [2.75, 3.05) is 0 Å². The quantitative estimate of drug-likeness (QED) is 0.931. The van der Waals surface area contributed by atoms with Crippen LogP contribution in [0.1, 0.15) is 28.7 Å². The second-order valence-corrected chi connectivity index (χ2v) is 5.62. The van der Waals surface area contributed by atoms with E-state index in [9.17, 15) is 9.90 Å². The molecule has 2 aromatic rings. The van der Waals surface area contributed by atoms with Crippen molar-refractivity contribution in [3.8, 4) is 0 Å². The van der Waals surface area contributed by atoms with Gasteiger partial charge in [-0.2, -0.15) is 0 Å². The van der Waals surface area contributed by atoms with Gasteiger partial charge in [0.15, 0.2) is 0 Å². The predicted molar refractivity (Wildman–Crippen MR) is 79.7 cm³/mol. The van der Waals surface area contributed by atoms with Gasteiger partial charge in [-0.05, 0) is 44.0 Å². The summed E-state index contributed by atoms with van der Waals surface area (Å²) in [6.45, 7) is 3.62. The molecule has 1 atom stereocenters. The number of hydrogen-bond acceptors (Lipinski definition) is 3. The molecule has 0 aliphatic carbocycles. The van der Waals surface area contributed by atoms with Crippen LogP contribution < -0.4 is 0 Å². The maximum absolute atomic E-state index is 11.5. The summed E-state index contributed by atoms with van der Waals surface area (Å²) in [5.74, 6) is -0.937. The Morgan fingerprint density at radius 3 is 2.65 bits per heavy atom. The molecule has 1 N–H and O–H groups in total. The lowest BCUT2D eigenvalue weighted by atomic mass is 9.95. The van der Waals surface area contributed by atoms with Crippen molar-refractivity contribution in [1.29, 1.82) is 0 Å². The van der Waals surface area contributed by atoms with Crippen molar-refractivity contribution < 1.29 is 9.90 Å². The highest BCUT2D eigenvalue weighted by Gasteiger charge is 2.22. The molecule has 0 fully saturated rings. The zero-order chi connectivity index (χ0) is 14.7. The summed E-state index contributed by atoms with van der Waals surface area (Å²) in [5.41, 5.74) is 2.30. The van der Waals surface area contributed by atoms with Crippen LogP contribution in [0.2, 0.25) is 0 Å². The number of aryl methyl sites for hydroxylation is 2. The number of carboxylic acids is 1. The Balaban J connectivity index is 2.34. The molecule has 1 unspecified atom stereocenters. The smallest absolute Gasteiger partial charge is 0.312 e. The summed E-state index contributed by atoms with van der Waals surface area (Å²) in [7, 11) is 0. The fraction of sp³-hybridized carbons (Fsp3) is 0.267. The number of hydrogen-bond donors (Lipinski definition) is 1. The first-order valence-electron chi connectivity index (χ1n) is 6.25. The zero-order valence-electron chi connectivity index (χ0n) is 11.3. The van der Waals surface area contributed by atoms with Crippen molar-refractivity contribution in [1.82, 2.24) is 9.97 Å². The molecule has 0 radical (unpaired) electrons. The van der Waals surface area contributed by atoms with Gasteiger partial charge in [-0.3, -0.25) is 4.79 Å². The number of aliphatic carboxylic acids is 1. The van der Waals surface area contributed by atoms with Gasteiger partial charge in [0.05, 0.1) is 5.69 Å². The SMILES string of the molecule is Cc1cc(C(Cc2cccc(Br)c2)C(=O)O)nc(C)n1. The molecule has 1 heterocycles. The van der Waals surface area contributed by atoms with E-state index in [1.165, 1.54) is 0 Å². The van der Waals surface area contributed by atoms with Crippen LogP contribution in [0.5, 0.6) is 0 Å². The van der Waals surface area contributed by atoms with Gasteiger partial charge in [-0.15, -0.1) is 0 Å². The lowest BCUT2D eigenvalue weighted by Gasteiger charge is -2.13. The van der Waals surface area contributed by atoms with E-state index in [2.05, 4.69) is 25.9 Å². The number of rotatable bonds is 4. The van der Waals surface area contributed by atoms with Crippen molar-refractivity contribution in [3.63, 3.8) is 0 Å². The van der Waals surface area contributed by atoms with Gasteiger partial charge in [0.1, 0.15) is 11.7 Å². The van der Waals surface area contributed by atoms with Gasteiger partial charge < -0.3 is 5.11 Å². The molecule has 0 saturated carbocycles. The molecule has 5 heteroatoms. The Morgan fingerprint density at radius 2 is 2.05 bits per heavy atom. The highest BCUT2D eigenvalue weighted by molar-refractivity contribution is 9.10. The predicted octanol–water partition coefficient (Wildman–Crippen LogP) is 3.27. The number of nitrogens with zero attached hydrogens (tertiary/aromatic N) is 2. The molecule has 104 valence electrons. The fourth-order valence-electron chi connectivity index (χ4n) is 2.14. The van der Waals surface area contributed by atoms with E-state index in [-0.39, 0.29) is 0 Å². The monoisotopic (exact) mass is 334 g/mol. The van der Waals surface area contributed by atoms with Crippen LogP contribution in [-0.2, 0) is 11.2 Å². The molecule has 0 amide bonds. The third kappa shape index (κ3) is 3.63. The molecule has 1 aromatic carbocycles. The number of carboxylic acid groups (broad SMARTS) is 1. The van der Waals surface area contributed by atoms with E-state index in [0.29, 0.717) is 17.9 Å². The lowest BCUT2D eigenvalue weighted by molar-refractivity contribution is -0.138. The van der Waals surface area contributed by atoms with Crippen molar-refractivity contribution in [3.05, 3.63) is 57.6 Å². The zero-order valence-corrected chi connectivity index (χ0v) is 12.9. The molecule has 4 nitrogen and oxygen atoms in total. The average Bonchev–Trinajstić information content (AvgIpc) is 2.34. The highest BCUT2D eigenvalue weighted by atomic mass is 79.9. The second kappa shape index (κ2) is 6.13. The number of carbonyl (C=O) groups is 1. The highest BCUT2D eigenvalue weighted by Crippen LogP contribution is 2.22. The summed E-state index contributed by atoms with van der Waals surface area (Å²) in [4.78, 5) is 20.0. The Bertz CT molecular complexity index is 623. The minimum atomic E-state index is -0.873. The van der Waals surface area contributed by atoms with Crippen molar-refractivity contribution >= 4 is 21.9 Å².